The molecular weight excluding hydrogens is 331 g/mol. The third kappa shape index (κ3) is 3.53. The first-order valence-corrected chi connectivity index (χ1v) is 8.74. The number of hydrogen-bond donors (Lipinski definition) is 1. The van der Waals surface area contributed by atoms with Crippen molar-refractivity contribution in [3.63, 3.8) is 0 Å². The molecule has 136 valence electrons. The maximum Gasteiger partial charge on any atom is 0.254 e. The van der Waals surface area contributed by atoms with E-state index in [1.165, 1.54) is 24.3 Å². The number of halogens is 1. The van der Waals surface area contributed by atoms with Gasteiger partial charge in [-0.2, -0.15) is 0 Å². The number of amides is 1. The molecule has 1 aliphatic rings. The Morgan fingerprint density at radius 3 is 2.31 bits per heavy atom. The molecule has 1 aliphatic heterocycles. The van der Waals surface area contributed by atoms with Crippen LogP contribution in [0.25, 0.3) is 0 Å². The van der Waals surface area contributed by atoms with Gasteiger partial charge in [-0.05, 0) is 42.2 Å². The third-order valence-electron chi connectivity index (χ3n) is 5.11. The molecule has 0 saturated carbocycles. The predicted molar refractivity (Wildman–Crippen MR) is 98.6 cm³/mol. The van der Waals surface area contributed by atoms with Gasteiger partial charge in [0.25, 0.3) is 5.91 Å². The Kier molecular flexibility index (Phi) is 4.92. The summed E-state index contributed by atoms with van der Waals surface area (Å²) in [7, 11) is 0. The molecule has 2 aromatic carbocycles. The van der Waals surface area contributed by atoms with Crippen molar-refractivity contribution in [2.24, 2.45) is 11.1 Å². The lowest BCUT2D eigenvalue weighted by molar-refractivity contribution is 0.0531. The topological polar surface area (TPSA) is 63.4 Å². The second-order valence-corrected chi connectivity index (χ2v) is 7.49. The van der Waals surface area contributed by atoms with Gasteiger partial charge in [-0.3, -0.25) is 9.59 Å². The van der Waals surface area contributed by atoms with E-state index in [1.54, 1.807) is 29.2 Å². The van der Waals surface area contributed by atoms with Gasteiger partial charge in [0.05, 0.1) is 5.56 Å². The maximum atomic E-state index is 13.1. The first-order chi connectivity index (χ1) is 12.3. The highest BCUT2D eigenvalue weighted by atomic mass is 19.1. The van der Waals surface area contributed by atoms with Crippen LogP contribution in [0.15, 0.2) is 48.5 Å². The number of carbonyl (C=O) groups is 2. The molecule has 26 heavy (non-hydrogen) atoms. The number of carbonyl (C=O) groups excluding carboxylic acids is 2. The van der Waals surface area contributed by atoms with Crippen molar-refractivity contribution in [3.8, 4) is 0 Å². The fraction of sp³-hybridized carbons (Fsp3) is 0.333. The van der Waals surface area contributed by atoms with Gasteiger partial charge in [-0.1, -0.05) is 32.0 Å². The van der Waals surface area contributed by atoms with Crippen molar-refractivity contribution in [1.82, 2.24) is 4.90 Å². The zero-order valence-electron chi connectivity index (χ0n) is 15.0. The van der Waals surface area contributed by atoms with E-state index < -0.39 is 5.82 Å². The van der Waals surface area contributed by atoms with E-state index in [4.69, 9.17) is 5.73 Å². The van der Waals surface area contributed by atoms with Crippen molar-refractivity contribution in [3.05, 3.63) is 71.0 Å². The molecule has 0 radical (unpaired) electrons. The van der Waals surface area contributed by atoms with E-state index in [9.17, 15) is 14.0 Å². The summed E-state index contributed by atoms with van der Waals surface area (Å²) in [5.41, 5.74) is 7.03. The Bertz CT molecular complexity index is 830. The highest BCUT2D eigenvalue weighted by molar-refractivity contribution is 6.15. The highest BCUT2D eigenvalue weighted by Crippen LogP contribution is 2.29. The molecule has 3 rings (SSSR count). The minimum atomic E-state index is -0.405. The minimum Gasteiger partial charge on any atom is -0.338 e. The number of rotatable bonds is 3. The molecule has 5 heteroatoms. The average molecular weight is 354 g/mol. The molecule has 0 bridgehead atoms. The zero-order valence-corrected chi connectivity index (χ0v) is 15.0. The lowest BCUT2D eigenvalue weighted by Gasteiger charge is -2.42. The molecule has 1 amide bonds. The summed E-state index contributed by atoms with van der Waals surface area (Å²) >= 11 is 0. The molecule has 1 heterocycles. The number of hydrogen-bond acceptors (Lipinski definition) is 3. The van der Waals surface area contributed by atoms with Gasteiger partial charge >= 0.3 is 0 Å². The van der Waals surface area contributed by atoms with E-state index >= 15 is 0 Å². The lowest BCUT2D eigenvalue weighted by atomic mass is 9.79. The van der Waals surface area contributed by atoms with Gasteiger partial charge in [-0.25, -0.2) is 4.39 Å². The van der Waals surface area contributed by atoms with Crippen LogP contribution in [0.5, 0.6) is 0 Å². The van der Waals surface area contributed by atoms with E-state index in [1.807, 2.05) is 13.8 Å². The predicted octanol–water partition coefficient (Wildman–Crippen LogP) is 3.26. The van der Waals surface area contributed by atoms with Crippen molar-refractivity contribution in [2.45, 2.75) is 26.3 Å². The first-order valence-electron chi connectivity index (χ1n) is 8.74. The third-order valence-corrected chi connectivity index (χ3v) is 5.11. The molecule has 2 aromatic rings. The molecule has 0 aromatic heterocycles. The molecule has 2 N–H and O–H groups in total. The largest absolute Gasteiger partial charge is 0.338 e. The molecule has 4 nitrogen and oxygen atoms in total. The number of benzene rings is 2. The van der Waals surface area contributed by atoms with Crippen LogP contribution in [0.1, 0.15) is 46.5 Å². The maximum absolute atomic E-state index is 13.1. The van der Waals surface area contributed by atoms with E-state index in [-0.39, 0.29) is 23.1 Å². The van der Waals surface area contributed by atoms with E-state index in [0.29, 0.717) is 29.8 Å². The molecular formula is C21H23FN2O2. The monoisotopic (exact) mass is 354 g/mol. The highest BCUT2D eigenvalue weighted by Gasteiger charge is 2.36. The summed E-state index contributed by atoms with van der Waals surface area (Å²) in [6.07, 6.45) is 0.729. The van der Waals surface area contributed by atoms with Crippen LogP contribution in [-0.4, -0.2) is 35.7 Å². The summed E-state index contributed by atoms with van der Waals surface area (Å²) in [5, 5.41) is 0. The Balaban J connectivity index is 1.91. The second-order valence-electron chi connectivity index (χ2n) is 7.49. The molecule has 0 spiro atoms. The summed E-state index contributed by atoms with van der Waals surface area (Å²) < 4.78 is 13.1. The van der Waals surface area contributed by atoms with Crippen molar-refractivity contribution >= 4 is 11.7 Å². The number of piperidine rings is 1. The summed E-state index contributed by atoms with van der Waals surface area (Å²) in [6, 6.07) is 12.2. The van der Waals surface area contributed by atoms with Gasteiger partial charge in [0.2, 0.25) is 0 Å². The van der Waals surface area contributed by atoms with Crippen molar-refractivity contribution in [2.75, 3.05) is 13.1 Å². The van der Waals surface area contributed by atoms with Crippen LogP contribution in [0, 0.1) is 11.2 Å². The van der Waals surface area contributed by atoms with Crippen molar-refractivity contribution in [1.29, 1.82) is 0 Å². The van der Waals surface area contributed by atoms with Crippen molar-refractivity contribution < 1.29 is 14.0 Å². The van der Waals surface area contributed by atoms with Crippen LogP contribution in [0.2, 0.25) is 0 Å². The van der Waals surface area contributed by atoms with Gasteiger partial charge < -0.3 is 10.6 Å². The van der Waals surface area contributed by atoms with Crippen LogP contribution >= 0.6 is 0 Å². The normalized spacial score (nSPS) is 19.2. The Morgan fingerprint density at radius 1 is 1.08 bits per heavy atom. The Hall–Kier alpha value is -2.53. The van der Waals surface area contributed by atoms with Gasteiger partial charge in [0.1, 0.15) is 5.82 Å². The molecule has 1 fully saturated rings. The Labute approximate surface area is 152 Å². The van der Waals surface area contributed by atoms with E-state index in [2.05, 4.69) is 0 Å². The summed E-state index contributed by atoms with van der Waals surface area (Å²) in [6.45, 7) is 5.22. The number of nitrogens with zero attached hydrogens (tertiary/aromatic N) is 1. The quantitative estimate of drug-likeness (QED) is 0.861. The second kappa shape index (κ2) is 7.00. The zero-order chi connectivity index (χ0) is 18.9. The molecule has 0 aliphatic carbocycles. The first kappa shape index (κ1) is 18.3. The van der Waals surface area contributed by atoms with Crippen LogP contribution in [-0.2, 0) is 0 Å². The molecule has 1 saturated heterocycles. The fourth-order valence-corrected chi connectivity index (χ4v) is 3.34. The minimum absolute atomic E-state index is 0.0441. The van der Waals surface area contributed by atoms with Crippen LogP contribution < -0.4 is 5.73 Å². The number of likely N-dealkylation sites (tertiary alicyclic amines) is 1. The average Bonchev–Trinajstić information content (AvgIpc) is 2.63. The van der Waals surface area contributed by atoms with Gasteiger partial charge in [-0.15, -0.1) is 0 Å². The lowest BCUT2D eigenvalue weighted by Crippen LogP contribution is -2.54. The van der Waals surface area contributed by atoms with Crippen LogP contribution in [0.4, 0.5) is 4.39 Å². The van der Waals surface area contributed by atoms with Gasteiger partial charge in [0, 0.05) is 30.3 Å². The molecule has 1 unspecified atom stereocenters. The Morgan fingerprint density at radius 2 is 1.69 bits per heavy atom. The smallest absolute Gasteiger partial charge is 0.254 e. The fourth-order valence-electron chi connectivity index (χ4n) is 3.34. The summed E-state index contributed by atoms with van der Waals surface area (Å²) in [4.78, 5) is 27.7. The number of nitrogens with two attached hydrogens (primary N) is 1. The standard InChI is InChI=1S/C21H23FN2O2/c1-21(2)13-24(12-11-18(21)23)20(26)17-6-4-3-5-16(17)19(25)14-7-9-15(22)10-8-14/h3-10,18H,11-13,23H2,1-2H3. The van der Waals surface area contributed by atoms with Gasteiger partial charge in [0.15, 0.2) is 5.78 Å². The summed E-state index contributed by atoms with van der Waals surface area (Å²) in [5.74, 6) is -0.865. The SMILES string of the molecule is CC1(C)CN(C(=O)c2ccccc2C(=O)c2ccc(F)cc2)CCC1N. The number of ketones is 1. The van der Waals surface area contributed by atoms with E-state index in [0.717, 1.165) is 6.42 Å². The molecule has 1 atom stereocenters. The van der Waals surface area contributed by atoms with Crippen LogP contribution in [0.3, 0.4) is 0 Å².